The summed E-state index contributed by atoms with van der Waals surface area (Å²) in [5.74, 6) is 0.451. The summed E-state index contributed by atoms with van der Waals surface area (Å²) in [6.07, 6.45) is 1.58. The molecule has 0 aromatic carbocycles. The van der Waals surface area contributed by atoms with Gasteiger partial charge in [-0.3, -0.25) is 4.79 Å². The number of ether oxygens (including phenoxy) is 1. The highest BCUT2D eigenvalue weighted by Gasteiger charge is 2.39. The zero-order chi connectivity index (χ0) is 14.5. The number of carbonyl (C=O) groups is 1. The first-order valence-electron chi connectivity index (χ1n) is 7.03. The molecule has 1 aliphatic heterocycles. The molecule has 1 fully saturated rings. The van der Waals surface area contributed by atoms with Crippen molar-refractivity contribution in [3.63, 3.8) is 0 Å². The molecule has 2 unspecified atom stereocenters. The van der Waals surface area contributed by atoms with Crippen LogP contribution in [0.2, 0.25) is 0 Å². The van der Waals surface area contributed by atoms with Gasteiger partial charge in [0.2, 0.25) is 5.91 Å². The number of piperidine rings is 1. The largest absolute Gasteiger partial charge is 0.389 e. The second-order valence-electron chi connectivity index (χ2n) is 6.06. The Balaban J connectivity index is 2.58. The molecule has 1 aliphatic rings. The number of amides is 1. The van der Waals surface area contributed by atoms with E-state index in [-0.39, 0.29) is 12.5 Å². The van der Waals surface area contributed by atoms with Gasteiger partial charge in [-0.15, -0.1) is 0 Å². The average molecular weight is 272 g/mol. The third-order valence-electron chi connectivity index (χ3n) is 4.06. The average Bonchev–Trinajstić information content (AvgIpc) is 2.39. The first-order valence-corrected chi connectivity index (χ1v) is 7.03. The van der Waals surface area contributed by atoms with E-state index in [9.17, 15) is 9.90 Å². The van der Waals surface area contributed by atoms with Crippen LogP contribution in [0.1, 0.15) is 26.7 Å². The molecule has 1 rings (SSSR count). The van der Waals surface area contributed by atoms with E-state index in [1.807, 2.05) is 13.8 Å². The lowest BCUT2D eigenvalue weighted by molar-refractivity contribution is -0.144. The van der Waals surface area contributed by atoms with Gasteiger partial charge in [0.1, 0.15) is 0 Å². The van der Waals surface area contributed by atoms with Crippen LogP contribution in [0, 0.1) is 11.3 Å². The lowest BCUT2D eigenvalue weighted by Gasteiger charge is -2.38. The molecular weight excluding hydrogens is 244 g/mol. The van der Waals surface area contributed by atoms with Gasteiger partial charge < -0.3 is 20.1 Å². The summed E-state index contributed by atoms with van der Waals surface area (Å²) in [6, 6.07) is 0. The fourth-order valence-corrected chi connectivity index (χ4v) is 2.78. The maximum Gasteiger partial charge on any atom is 0.228 e. The van der Waals surface area contributed by atoms with E-state index in [0.29, 0.717) is 12.5 Å². The molecule has 0 saturated carbocycles. The predicted molar refractivity (Wildman–Crippen MR) is 74.9 cm³/mol. The van der Waals surface area contributed by atoms with Crippen LogP contribution in [-0.2, 0) is 9.53 Å². The second-order valence-corrected chi connectivity index (χ2v) is 6.06. The lowest BCUT2D eigenvalue weighted by Crippen LogP contribution is -2.49. The summed E-state index contributed by atoms with van der Waals surface area (Å²) in [4.78, 5) is 14.2. The monoisotopic (exact) mass is 272 g/mol. The molecule has 5 nitrogen and oxygen atoms in total. The van der Waals surface area contributed by atoms with Crippen LogP contribution in [0.3, 0.4) is 0 Å². The minimum absolute atomic E-state index is 0.0938. The van der Waals surface area contributed by atoms with Gasteiger partial charge in [0.05, 0.1) is 12.7 Å². The molecule has 1 saturated heterocycles. The van der Waals surface area contributed by atoms with Crippen molar-refractivity contribution in [2.75, 3.05) is 40.4 Å². The second kappa shape index (κ2) is 7.22. The summed E-state index contributed by atoms with van der Waals surface area (Å²) in [7, 11) is 3.29. The molecule has 19 heavy (non-hydrogen) atoms. The number of rotatable bonds is 6. The van der Waals surface area contributed by atoms with Gasteiger partial charge in [-0.1, -0.05) is 13.8 Å². The quantitative estimate of drug-likeness (QED) is 0.738. The standard InChI is InChI=1S/C14H28N2O3/c1-14(2,11-6-5-7-15-8-11)13(18)16(3)9-12(17)10-19-4/h11-12,15,17H,5-10H2,1-4H3. The number of hydrogen-bond donors (Lipinski definition) is 2. The maximum atomic E-state index is 12.5. The Morgan fingerprint density at radius 3 is 2.79 bits per heavy atom. The summed E-state index contributed by atoms with van der Waals surface area (Å²) >= 11 is 0. The van der Waals surface area contributed by atoms with Gasteiger partial charge >= 0.3 is 0 Å². The topological polar surface area (TPSA) is 61.8 Å². The zero-order valence-corrected chi connectivity index (χ0v) is 12.6. The molecule has 0 aliphatic carbocycles. The Morgan fingerprint density at radius 1 is 1.58 bits per heavy atom. The van der Waals surface area contributed by atoms with E-state index in [4.69, 9.17) is 4.74 Å². The van der Waals surface area contributed by atoms with Gasteiger partial charge in [0.25, 0.3) is 0 Å². The normalized spacial score (nSPS) is 22.1. The van der Waals surface area contributed by atoms with Crippen LogP contribution in [-0.4, -0.2) is 62.4 Å². The third-order valence-corrected chi connectivity index (χ3v) is 4.06. The van der Waals surface area contributed by atoms with Crippen LogP contribution >= 0.6 is 0 Å². The summed E-state index contributed by atoms with van der Waals surface area (Å²) < 4.78 is 4.89. The van der Waals surface area contributed by atoms with Crippen LogP contribution in [0.25, 0.3) is 0 Å². The van der Waals surface area contributed by atoms with Crippen LogP contribution in [0.5, 0.6) is 0 Å². The summed E-state index contributed by atoms with van der Waals surface area (Å²) in [5.41, 5.74) is -0.394. The summed E-state index contributed by atoms with van der Waals surface area (Å²) in [6.45, 7) is 6.52. The fourth-order valence-electron chi connectivity index (χ4n) is 2.78. The number of hydrogen-bond acceptors (Lipinski definition) is 4. The van der Waals surface area contributed by atoms with Crippen molar-refractivity contribution in [1.29, 1.82) is 0 Å². The van der Waals surface area contributed by atoms with E-state index >= 15 is 0 Å². The number of aliphatic hydroxyl groups excluding tert-OH is 1. The SMILES string of the molecule is COCC(O)CN(C)C(=O)C(C)(C)C1CCCNC1. The Hall–Kier alpha value is -0.650. The van der Waals surface area contributed by atoms with Gasteiger partial charge in [0.15, 0.2) is 0 Å². The first kappa shape index (κ1) is 16.4. The maximum absolute atomic E-state index is 12.5. The molecule has 0 bridgehead atoms. The van der Waals surface area contributed by atoms with E-state index < -0.39 is 11.5 Å². The molecule has 0 aromatic heterocycles. The molecule has 1 heterocycles. The minimum Gasteiger partial charge on any atom is -0.389 e. The Morgan fingerprint density at radius 2 is 2.26 bits per heavy atom. The molecule has 0 radical (unpaired) electrons. The highest BCUT2D eigenvalue weighted by atomic mass is 16.5. The third kappa shape index (κ3) is 4.44. The number of nitrogens with one attached hydrogen (secondary N) is 1. The molecule has 1 amide bonds. The van der Waals surface area contributed by atoms with E-state index in [1.54, 1.807) is 19.1 Å². The fraction of sp³-hybridized carbons (Fsp3) is 0.929. The highest BCUT2D eigenvalue weighted by molar-refractivity contribution is 5.82. The van der Waals surface area contributed by atoms with Crippen LogP contribution in [0.15, 0.2) is 0 Å². The highest BCUT2D eigenvalue weighted by Crippen LogP contribution is 2.33. The van der Waals surface area contributed by atoms with Gasteiger partial charge in [-0.2, -0.15) is 0 Å². The van der Waals surface area contributed by atoms with Crippen molar-refractivity contribution < 1.29 is 14.6 Å². The van der Waals surface area contributed by atoms with Crippen molar-refractivity contribution in [2.45, 2.75) is 32.8 Å². The van der Waals surface area contributed by atoms with Crippen molar-refractivity contribution >= 4 is 5.91 Å². The van der Waals surface area contributed by atoms with Crippen molar-refractivity contribution in [2.24, 2.45) is 11.3 Å². The molecule has 0 spiro atoms. The molecule has 5 heteroatoms. The van der Waals surface area contributed by atoms with E-state index in [1.165, 1.54) is 0 Å². The number of aliphatic hydroxyl groups is 1. The van der Waals surface area contributed by atoms with Crippen molar-refractivity contribution in [3.05, 3.63) is 0 Å². The lowest BCUT2D eigenvalue weighted by atomic mass is 9.74. The Labute approximate surface area is 116 Å². The number of nitrogens with zero attached hydrogens (tertiary/aromatic N) is 1. The molecule has 2 N–H and O–H groups in total. The van der Waals surface area contributed by atoms with Crippen molar-refractivity contribution in [3.8, 4) is 0 Å². The predicted octanol–water partition coefficient (Wildman–Crippen LogP) is 0.478. The number of likely N-dealkylation sites (N-methyl/N-ethyl adjacent to an activating group) is 1. The van der Waals surface area contributed by atoms with Crippen molar-refractivity contribution in [1.82, 2.24) is 10.2 Å². The molecule has 2 atom stereocenters. The number of methoxy groups -OCH3 is 1. The van der Waals surface area contributed by atoms with Gasteiger partial charge in [-0.05, 0) is 31.8 Å². The van der Waals surface area contributed by atoms with E-state index in [2.05, 4.69) is 5.32 Å². The zero-order valence-electron chi connectivity index (χ0n) is 12.6. The summed E-state index contributed by atoms with van der Waals surface area (Å²) in [5, 5.41) is 13.1. The van der Waals surface area contributed by atoms with E-state index in [0.717, 1.165) is 25.9 Å². The Bertz CT molecular complexity index is 288. The first-order chi connectivity index (χ1) is 8.89. The molecule has 112 valence electrons. The van der Waals surface area contributed by atoms with Gasteiger partial charge in [0, 0.05) is 26.1 Å². The van der Waals surface area contributed by atoms with Crippen LogP contribution in [0.4, 0.5) is 0 Å². The minimum atomic E-state index is -0.626. The number of carbonyl (C=O) groups excluding carboxylic acids is 1. The Kier molecular flexibility index (Phi) is 6.23. The molecule has 0 aromatic rings. The van der Waals surface area contributed by atoms with Crippen LogP contribution < -0.4 is 5.32 Å². The smallest absolute Gasteiger partial charge is 0.228 e. The van der Waals surface area contributed by atoms with Gasteiger partial charge in [-0.25, -0.2) is 0 Å². The molecular formula is C14H28N2O3.